The molecule has 2 saturated heterocycles. The summed E-state index contributed by atoms with van der Waals surface area (Å²) < 4.78 is 0. The molecule has 21 heavy (non-hydrogen) atoms. The predicted molar refractivity (Wildman–Crippen MR) is 92.1 cm³/mol. The van der Waals surface area contributed by atoms with Gasteiger partial charge in [-0.05, 0) is 44.2 Å². The lowest BCUT2D eigenvalue weighted by Gasteiger charge is -2.30. The minimum atomic E-state index is 0.638. The first kappa shape index (κ1) is 15.2. The molecule has 2 atom stereocenters. The third-order valence-corrected chi connectivity index (χ3v) is 6.08. The standard InChI is InChI=1S/C17H27N3S/c1-3-21-17-6-4-5-16(15(17)11-18)20-10-9-13-7-8-14(12-20)19(13)2/h4-6,13-14H,3,7-12,18H2,1-2H3. The van der Waals surface area contributed by atoms with E-state index < -0.39 is 0 Å². The summed E-state index contributed by atoms with van der Waals surface area (Å²) in [4.78, 5) is 6.55. The molecule has 0 amide bonds. The van der Waals surface area contributed by atoms with Crippen molar-refractivity contribution in [2.24, 2.45) is 5.73 Å². The minimum Gasteiger partial charge on any atom is -0.370 e. The van der Waals surface area contributed by atoms with E-state index >= 15 is 0 Å². The van der Waals surface area contributed by atoms with Crippen LogP contribution in [0.15, 0.2) is 23.1 Å². The highest BCUT2D eigenvalue weighted by molar-refractivity contribution is 7.99. The average molecular weight is 305 g/mol. The van der Waals surface area contributed by atoms with Crippen LogP contribution in [0.25, 0.3) is 0 Å². The molecule has 0 aliphatic carbocycles. The Labute approximate surface area is 132 Å². The molecule has 4 heteroatoms. The van der Waals surface area contributed by atoms with E-state index in [1.807, 2.05) is 11.8 Å². The van der Waals surface area contributed by atoms with Crippen LogP contribution in [0.1, 0.15) is 31.7 Å². The maximum atomic E-state index is 6.08. The Morgan fingerprint density at radius 2 is 2.05 bits per heavy atom. The molecule has 3 rings (SSSR count). The van der Waals surface area contributed by atoms with Gasteiger partial charge in [-0.1, -0.05) is 13.0 Å². The smallest absolute Gasteiger partial charge is 0.0423 e. The second-order valence-electron chi connectivity index (χ2n) is 6.18. The number of nitrogens with zero attached hydrogens (tertiary/aromatic N) is 2. The summed E-state index contributed by atoms with van der Waals surface area (Å²) >= 11 is 1.91. The van der Waals surface area contributed by atoms with E-state index in [1.165, 1.54) is 42.0 Å². The number of fused-ring (bicyclic) bond motifs is 2. The zero-order valence-corrected chi connectivity index (χ0v) is 14.0. The summed E-state index contributed by atoms with van der Waals surface area (Å²) in [6, 6.07) is 8.18. The third kappa shape index (κ3) is 2.94. The molecule has 1 aromatic rings. The number of rotatable bonds is 4. The van der Waals surface area contributed by atoms with E-state index in [0.29, 0.717) is 12.6 Å². The number of hydrogen-bond donors (Lipinski definition) is 1. The summed E-state index contributed by atoms with van der Waals surface area (Å²) in [6.07, 6.45) is 4.01. The van der Waals surface area contributed by atoms with Gasteiger partial charge in [-0.3, -0.25) is 4.90 Å². The van der Waals surface area contributed by atoms with E-state index in [-0.39, 0.29) is 0 Å². The number of thioether (sulfide) groups is 1. The van der Waals surface area contributed by atoms with Crippen LogP contribution in [0.5, 0.6) is 0 Å². The molecule has 0 saturated carbocycles. The van der Waals surface area contributed by atoms with E-state index in [1.54, 1.807) is 0 Å². The van der Waals surface area contributed by atoms with E-state index in [4.69, 9.17) is 5.73 Å². The first-order valence-electron chi connectivity index (χ1n) is 8.16. The molecule has 3 nitrogen and oxygen atoms in total. The largest absolute Gasteiger partial charge is 0.370 e. The van der Waals surface area contributed by atoms with Crippen LogP contribution < -0.4 is 10.6 Å². The van der Waals surface area contributed by atoms with Gasteiger partial charge in [0.1, 0.15) is 0 Å². The fourth-order valence-corrected chi connectivity index (χ4v) is 4.72. The summed E-state index contributed by atoms with van der Waals surface area (Å²) in [5.74, 6) is 1.10. The second kappa shape index (κ2) is 6.59. The van der Waals surface area contributed by atoms with Gasteiger partial charge in [0.25, 0.3) is 0 Å². The fourth-order valence-electron chi connectivity index (χ4n) is 3.87. The van der Waals surface area contributed by atoms with Gasteiger partial charge >= 0.3 is 0 Å². The van der Waals surface area contributed by atoms with Gasteiger partial charge in [0, 0.05) is 47.9 Å². The molecule has 2 N–H and O–H groups in total. The zero-order chi connectivity index (χ0) is 14.8. The topological polar surface area (TPSA) is 32.5 Å². The molecule has 2 fully saturated rings. The Kier molecular flexibility index (Phi) is 4.77. The van der Waals surface area contributed by atoms with E-state index in [9.17, 15) is 0 Å². The Morgan fingerprint density at radius 1 is 1.24 bits per heavy atom. The molecular weight excluding hydrogens is 278 g/mol. The average Bonchev–Trinajstić information content (AvgIpc) is 2.72. The predicted octanol–water partition coefficient (Wildman–Crippen LogP) is 2.93. The van der Waals surface area contributed by atoms with Crippen molar-refractivity contribution in [1.29, 1.82) is 0 Å². The zero-order valence-electron chi connectivity index (χ0n) is 13.2. The van der Waals surface area contributed by atoms with Crippen LogP contribution in [0, 0.1) is 0 Å². The molecule has 116 valence electrons. The summed E-state index contributed by atoms with van der Waals surface area (Å²) in [6.45, 7) is 5.16. The number of likely N-dealkylation sites (N-methyl/N-ethyl adjacent to an activating group) is 1. The fraction of sp³-hybridized carbons (Fsp3) is 0.647. The van der Waals surface area contributed by atoms with Gasteiger partial charge < -0.3 is 10.6 Å². The van der Waals surface area contributed by atoms with Crippen molar-refractivity contribution >= 4 is 17.4 Å². The van der Waals surface area contributed by atoms with Gasteiger partial charge in [0.05, 0.1) is 0 Å². The van der Waals surface area contributed by atoms with Gasteiger partial charge in [0.15, 0.2) is 0 Å². The molecule has 2 heterocycles. The van der Waals surface area contributed by atoms with Gasteiger partial charge in [-0.15, -0.1) is 11.8 Å². The number of benzene rings is 1. The molecular formula is C17H27N3S. The first-order chi connectivity index (χ1) is 10.2. The third-order valence-electron chi connectivity index (χ3n) is 5.10. The molecule has 2 unspecified atom stereocenters. The molecule has 0 aromatic heterocycles. The molecule has 1 aromatic carbocycles. The number of anilines is 1. The SMILES string of the molecule is CCSc1cccc(N2CCC3CCC(C2)N3C)c1CN. The van der Waals surface area contributed by atoms with Crippen LogP contribution in [-0.4, -0.2) is 42.9 Å². The Balaban J connectivity index is 1.88. The van der Waals surface area contributed by atoms with Crippen molar-refractivity contribution in [1.82, 2.24) is 4.90 Å². The van der Waals surface area contributed by atoms with Crippen LogP contribution in [0.2, 0.25) is 0 Å². The summed E-state index contributed by atoms with van der Waals surface area (Å²) in [5, 5.41) is 0. The number of nitrogens with two attached hydrogens (primary N) is 1. The Hall–Kier alpha value is -0.710. The highest BCUT2D eigenvalue weighted by Gasteiger charge is 2.35. The van der Waals surface area contributed by atoms with Crippen LogP contribution >= 0.6 is 11.8 Å². The molecule has 0 radical (unpaired) electrons. The van der Waals surface area contributed by atoms with Crippen LogP contribution in [0.4, 0.5) is 5.69 Å². The molecule has 2 aliphatic heterocycles. The lowest BCUT2D eigenvalue weighted by atomic mass is 10.1. The molecule has 0 spiro atoms. The lowest BCUT2D eigenvalue weighted by molar-refractivity contribution is 0.254. The van der Waals surface area contributed by atoms with E-state index in [0.717, 1.165) is 18.3 Å². The summed E-state index contributed by atoms with van der Waals surface area (Å²) in [5.41, 5.74) is 8.79. The minimum absolute atomic E-state index is 0.638. The maximum Gasteiger partial charge on any atom is 0.0423 e. The van der Waals surface area contributed by atoms with Crippen molar-refractivity contribution in [2.45, 2.75) is 49.7 Å². The summed E-state index contributed by atoms with van der Waals surface area (Å²) in [7, 11) is 2.30. The highest BCUT2D eigenvalue weighted by atomic mass is 32.2. The normalized spacial score (nSPS) is 26.1. The van der Waals surface area contributed by atoms with Crippen molar-refractivity contribution in [3.8, 4) is 0 Å². The van der Waals surface area contributed by atoms with Crippen LogP contribution in [0.3, 0.4) is 0 Å². The van der Waals surface area contributed by atoms with Crippen molar-refractivity contribution < 1.29 is 0 Å². The van der Waals surface area contributed by atoms with Crippen LogP contribution in [-0.2, 0) is 6.54 Å². The van der Waals surface area contributed by atoms with E-state index in [2.05, 4.69) is 42.0 Å². The number of hydrogen-bond acceptors (Lipinski definition) is 4. The molecule has 2 bridgehead atoms. The van der Waals surface area contributed by atoms with Gasteiger partial charge in [-0.25, -0.2) is 0 Å². The van der Waals surface area contributed by atoms with Crippen molar-refractivity contribution in [3.05, 3.63) is 23.8 Å². The first-order valence-corrected chi connectivity index (χ1v) is 9.14. The Bertz CT molecular complexity index is 491. The maximum absolute atomic E-state index is 6.08. The molecule has 2 aliphatic rings. The lowest BCUT2D eigenvalue weighted by Crippen LogP contribution is -2.37. The highest BCUT2D eigenvalue weighted by Crippen LogP contribution is 2.35. The second-order valence-corrected chi connectivity index (χ2v) is 7.48. The quantitative estimate of drug-likeness (QED) is 0.867. The van der Waals surface area contributed by atoms with Gasteiger partial charge in [0.2, 0.25) is 0 Å². The monoisotopic (exact) mass is 305 g/mol. The Morgan fingerprint density at radius 3 is 2.81 bits per heavy atom. The van der Waals surface area contributed by atoms with Crippen molar-refractivity contribution in [2.75, 3.05) is 30.8 Å². The van der Waals surface area contributed by atoms with Gasteiger partial charge in [-0.2, -0.15) is 0 Å². The van der Waals surface area contributed by atoms with Crippen molar-refractivity contribution in [3.63, 3.8) is 0 Å².